The van der Waals surface area contributed by atoms with E-state index < -0.39 is 0 Å². The maximum Gasteiger partial charge on any atom is 0.186 e. The van der Waals surface area contributed by atoms with Crippen LogP contribution in [0.5, 0.6) is 0 Å². The van der Waals surface area contributed by atoms with Gasteiger partial charge in [0.15, 0.2) is 5.11 Å². The molecule has 0 aromatic heterocycles. The van der Waals surface area contributed by atoms with Crippen LogP contribution in [0.25, 0.3) is 0 Å². The molecule has 1 rings (SSSR count). The van der Waals surface area contributed by atoms with Crippen LogP contribution in [-0.4, -0.2) is 5.11 Å². The van der Waals surface area contributed by atoms with E-state index in [9.17, 15) is 0 Å². The number of halogens is 2. The molecule has 0 fully saturated rings. The van der Waals surface area contributed by atoms with Crippen molar-refractivity contribution in [2.24, 2.45) is 0 Å². The van der Waals surface area contributed by atoms with E-state index in [4.69, 9.17) is 41.3 Å². The van der Waals surface area contributed by atoms with Gasteiger partial charge in [-0.1, -0.05) is 23.2 Å². The molecule has 0 atom stereocenters. The molecule has 0 aliphatic rings. The van der Waals surface area contributed by atoms with Crippen molar-refractivity contribution >= 4 is 46.2 Å². The maximum absolute atomic E-state index is 6.75. The molecule has 0 aliphatic heterocycles. The summed E-state index contributed by atoms with van der Waals surface area (Å²) < 4.78 is 0. The summed E-state index contributed by atoms with van der Waals surface area (Å²) in [5.74, 6) is 6.75. The number of thiocarbonyl (C=S) groups is 1. The highest BCUT2D eigenvalue weighted by molar-refractivity contribution is 7.80. The lowest BCUT2D eigenvalue weighted by atomic mass is 10.3. The van der Waals surface area contributed by atoms with E-state index in [1.165, 1.54) is 0 Å². The second-order valence-corrected chi connectivity index (χ2v) is 3.46. The van der Waals surface area contributed by atoms with Crippen molar-refractivity contribution in [1.29, 1.82) is 0 Å². The van der Waals surface area contributed by atoms with Crippen LogP contribution in [0.15, 0.2) is 18.2 Å². The van der Waals surface area contributed by atoms with Gasteiger partial charge < -0.3 is 5.32 Å². The Labute approximate surface area is 91.2 Å². The summed E-state index contributed by atoms with van der Waals surface area (Å²) >= 11 is 16.3. The lowest BCUT2D eigenvalue weighted by molar-refractivity contribution is 0.994. The fourth-order valence-corrected chi connectivity index (χ4v) is 1.31. The van der Waals surface area contributed by atoms with Gasteiger partial charge in [0, 0.05) is 5.02 Å². The fraction of sp³-hybridized carbons (Fsp3) is 0. The Morgan fingerprint density at radius 1 is 1.38 bits per heavy atom. The van der Waals surface area contributed by atoms with Gasteiger partial charge in [-0.05, 0) is 30.4 Å². The SMILES string of the molecule is [NH]NC(=S)Nc1ccc(Cl)cc1Cl. The zero-order chi connectivity index (χ0) is 9.84. The first-order valence-corrected chi connectivity index (χ1v) is 4.48. The molecule has 3 nitrogen and oxygen atoms in total. The Balaban J connectivity index is 2.83. The van der Waals surface area contributed by atoms with E-state index >= 15 is 0 Å². The van der Waals surface area contributed by atoms with Crippen molar-refractivity contribution < 1.29 is 0 Å². The molecule has 0 unspecified atom stereocenters. The summed E-state index contributed by atoms with van der Waals surface area (Å²) in [6.07, 6.45) is 0. The predicted molar refractivity (Wildman–Crippen MR) is 58.9 cm³/mol. The minimum atomic E-state index is 0.184. The van der Waals surface area contributed by atoms with Crippen LogP contribution >= 0.6 is 35.4 Å². The van der Waals surface area contributed by atoms with E-state index in [1.54, 1.807) is 18.2 Å². The van der Waals surface area contributed by atoms with Crippen molar-refractivity contribution in [3.8, 4) is 0 Å². The summed E-state index contributed by atoms with van der Waals surface area (Å²) in [7, 11) is 0. The van der Waals surface area contributed by atoms with E-state index in [0.29, 0.717) is 15.7 Å². The van der Waals surface area contributed by atoms with Gasteiger partial charge in [-0.25, -0.2) is 0 Å². The number of rotatable bonds is 1. The molecule has 69 valence electrons. The number of hydrogen-bond acceptors (Lipinski definition) is 1. The molecule has 3 N–H and O–H groups in total. The molecule has 0 amide bonds. The number of anilines is 1. The van der Waals surface area contributed by atoms with Crippen molar-refractivity contribution in [2.75, 3.05) is 5.32 Å². The Bertz CT molecular complexity index is 330. The lowest BCUT2D eigenvalue weighted by Gasteiger charge is -2.07. The topological polar surface area (TPSA) is 47.9 Å². The van der Waals surface area contributed by atoms with Gasteiger partial charge in [-0.3, -0.25) is 5.43 Å². The third kappa shape index (κ3) is 3.00. The van der Waals surface area contributed by atoms with Gasteiger partial charge >= 0.3 is 0 Å². The normalized spacial score (nSPS) is 9.46. The van der Waals surface area contributed by atoms with Gasteiger partial charge in [-0.15, -0.1) is 0 Å². The second kappa shape index (κ2) is 4.62. The van der Waals surface area contributed by atoms with Crippen LogP contribution in [0.4, 0.5) is 5.69 Å². The standard InChI is InChI=1S/C7H6Cl2N3S/c8-4-1-2-6(5(9)3-4)11-7(13)12-10/h1-3,10H,(H2,11,12,13). The molecular weight excluding hydrogens is 229 g/mol. The average molecular weight is 235 g/mol. The molecule has 0 spiro atoms. The summed E-state index contributed by atoms with van der Waals surface area (Å²) in [6, 6.07) is 4.97. The molecule has 1 aromatic carbocycles. The summed E-state index contributed by atoms with van der Waals surface area (Å²) in [5.41, 5.74) is 2.66. The minimum Gasteiger partial charge on any atom is -0.330 e. The third-order valence-electron chi connectivity index (χ3n) is 1.29. The van der Waals surface area contributed by atoms with Gasteiger partial charge in [-0.2, -0.15) is 5.84 Å². The van der Waals surface area contributed by atoms with Crippen molar-refractivity contribution in [3.63, 3.8) is 0 Å². The summed E-state index contributed by atoms with van der Waals surface area (Å²) in [5, 5.41) is 3.93. The zero-order valence-electron chi connectivity index (χ0n) is 6.40. The maximum atomic E-state index is 6.75. The molecule has 6 heteroatoms. The Morgan fingerprint density at radius 2 is 2.08 bits per heavy atom. The molecule has 0 aliphatic carbocycles. The van der Waals surface area contributed by atoms with Crippen LogP contribution in [0.1, 0.15) is 0 Å². The van der Waals surface area contributed by atoms with E-state index in [-0.39, 0.29) is 5.11 Å². The molecule has 0 saturated heterocycles. The smallest absolute Gasteiger partial charge is 0.186 e. The predicted octanol–water partition coefficient (Wildman–Crippen LogP) is 2.48. The van der Waals surface area contributed by atoms with E-state index in [0.717, 1.165) is 0 Å². The first kappa shape index (κ1) is 10.5. The minimum absolute atomic E-state index is 0.184. The average Bonchev–Trinajstić information content (AvgIpc) is 2.09. The molecule has 0 saturated carbocycles. The van der Waals surface area contributed by atoms with Gasteiger partial charge in [0.05, 0.1) is 10.7 Å². The zero-order valence-corrected chi connectivity index (χ0v) is 8.72. The van der Waals surface area contributed by atoms with E-state index in [2.05, 4.69) is 5.32 Å². The Hall–Kier alpha value is -0.550. The monoisotopic (exact) mass is 234 g/mol. The molecule has 1 radical (unpaired) electrons. The van der Waals surface area contributed by atoms with Crippen molar-refractivity contribution in [2.45, 2.75) is 0 Å². The van der Waals surface area contributed by atoms with Crippen LogP contribution in [-0.2, 0) is 0 Å². The molecule has 0 heterocycles. The van der Waals surface area contributed by atoms with Crippen LogP contribution in [0.3, 0.4) is 0 Å². The fourth-order valence-electron chi connectivity index (χ4n) is 0.744. The Kier molecular flexibility index (Phi) is 3.74. The summed E-state index contributed by atoms with van der Waals surface area (Å²) in [4.78, 5) is 0. The second-order valence-electron chi connectivity index (χ2n) is 2.20. The highest BCUT2D eigenvalue weighted by atomic mass is 35.5. The van der Waals surface area contributed by atoms with Crippen LogP contribution < -0.4 is 16.6 Å². The first-order chi connectivity index (χ1) is 6.13. The Morgan fingerprint density at radius 3 is 2.62 bits per heavy atom. The summed E-state index contributed by atoms with van der Waals surface area (Å²) in [6.45, 7) is 0. The third-order valence-corrected chi connectivity index (χ3v) is 2.04. The number of benzene rings is 1. The van der Waals surface area contributed by atoms with Gasteiger partial charge in [0.2, 0.25) is 0 Å². The van der Waals surface area contributed by atoms with Crippen molar-refractivity contribution in [3.05, 3.63) is 28.2 Å². The van der Waals surface area contributed by atoms with E-state index in [1.807, 2.05) is 5.43 Å². The molecule has 1 aromatic rings. The number of nitrogens with one attached hydrogen (secondary N) is 3. The highest BCUT2D eigenvalue weighted by Gasteiger charge is 2.01. The van der Waals surface area contributed by atoms with Gasteiger partial charge in [0.1, 0.15) is 0 Å². The van der Waals surface area contributed by atoms with Gasteiger partial charge in [0.25, 0.3) is 0 Å². The lowest BCUT2D eigenvalue weighted by Crippen LogP contribution is -2.26. The van der Waals surface area contributed by atoms with Crippen LogP contribution in [0.2, 0.25) is 10.0 Å². The first-order valence-electron chi connectivity index (χ1n) is 3.32. The molecule has 13 heavy (non-hydrogen) atoms. The largest absolute Gasteiger partial charge is 0.330 e. The quantitative estimate of drug-likeness (QED) is 0.580. The molecular formula is C7H6Cl2N3S. The highest BCUT2D eigenvalue weighted by Crippen LogP contribution is 2.24. The van der Waals surface area contributed by atoms with Crippen LogP contribution in [0, 0.1) is 0 Å². The molecule has 0 bridgehead atoms. The number of hydrogen-bond donors (Lipinski definition) is 2. The van der Waals surface area contributed by atoms with Crippen molar-refractivity contribution in [1.82, 2.24) is 11.3 Å².